The lowest BCUT2D eigenvalue weighted by Gasteiger charge is -2.46. The second-order valence-corrected chi connectivity index (χ2v) is 6.41. The number of ether oxygens (including phenoxy) is 2. The summed E-state index contributed by atoms with van der Waals surface area (Å²) >= 11 is 0. The van der Waals surface area contributed by atoms with E-state index in [-0.39, 0.29) is 18.4 Å². The van der Waals surface area contributed by atoms with Crippen molar-refractivity contribution in [3.8, 4) is 11.5 Å². The van der Waals surface area contributed by atoms with Crippen LogP contribution in [0.1, 0.15) is 38.5 Å². The Kier molecular flexibility index (Phi) is 2.94. The van der Waals surface area contributed by atoms with Crippen LogP contribution in [0.5, 0.6) is 11.5 Å². The first kappa shape index (κ1) is 12.8. The molecule has 112 valence electrons. The fourth-order valence-electron chi connectivity index (χ4n) is 3.81. The van der Waals surface area contributed by atoms with Crippen molar-refractivity contribution in [2.75, 3.05) is 12.1 Å². The van der Waals surface area contributed by atoms with Gasteiger partial charge in [0.15, 0.2) is 11.5 Å². The highest BCUT2D eigenvalue weighted by Crippen LogP contribution is 2.44. The van der Waals surface area contributed by atoms with Crippen LogP contribution < -0.4 is 20.1 Å². The highest BCUT2D eigenvalue weighted by molar-refractivity contribution is 5.90. The Balaban J connectivity index is 1.41. The monoisotopic (exact) mass is 288 g/mol. The van der Waals surface area contributed by atoms with Crippen molar-refractivity contribution < 1.29 is 14.3 Å². The molecule has 0 unspecified atom stereocenters. The lowest BCUT2D eigenvalue weighted by atomic mass is 9.66. The molecule has 5 heteroatoms. The quantitative estimate of drug-likeness (QED) is 0.878. The summed E-state index contributed by atoms with van der Waals surface area (Å²) in [6.07, 6.45) is 7.11. The predicted molar refractivity (Wildman–Crippen MR) is 78.6 cm³/mol. The fraction of sp³-hybridized carbons (Fsp3) is 0.562. The van der Waals surface area contributed by atoms with Crippen molar-refractivity contribution in [3.63, 3.8) is 0 Å². The minimum Gasteiger partial charge on any atom is -0.454 e. The molecular weight excluding hydrogens is 268 g/mol. The number of amides is 2. The molecule has 2 amide bonds. The minimum atomic E-state index is -0.116. The van der Waals surface area contributed by atoms with Crippen LogP contribution in [0.2, 0.25) is 0 Å². The summed E-state index contributed by atoms with van der Waals surface area (Å²) in [7, 11) is 0. The Hall–Kier alpha value is -1.91. The van der Waals surface area contributed by atoms with Gasteiger partial charge in [-0.05, 0) is 56.6 Å². The van der Waals surface area contributed by atoms with E-state index in [0.29, 0.717) is 5.75 Å². The van der Waals surface area contributed by atoms with E-state index >= 15 is 0 Å². The van der Waals surface area contributed by atoms with Crippen molar-refractivity contribution in [1.82, 2.24) is 5.32 Å². The summed E-state index contributed by atoms with van der Waals surface area (Å²) < 4.78 is 10.6. The predicted octanol–water partition coefficient (Wildman–Crippen LogP) is 3.26. The number of nitrogens with one attached hydrogen (secondary N) is 2. The molecule has 3 aliphatic carbocycles. The van der Waals surface area contributed by atoms with Gasteiger partial charge in [-0.1, -0.05) is 0 Å². The SMILES string of the molecule is O=C(Nc1ccc2c(c1)OCO2)NC12CCC(CC1)CC2. The molecule has 5 nitrogen and oxygen atoms in total. The Labute approximate surface area is 124 Å². The van der Waals surface area contributed by atoms with Crippen LogP contribution in [-0.4, -0.2) is 18.4 Å². The molecule has 1 aliphatic heterocycles. The fourth-order valence-corrected chi connectivity index (χ4v) is 3.81. The molecule has 1 aromatic rings. The van der Waals surface area contributed by atoms with Crippen LogP contribution in [0.15, 0.2) is 18.2 Å². The first-order valence-electron chi connectivity index (χ1n) is 7.71. The van der Waals surface area contributed by atoms with E-state index < -0.39 is 0 Å². The normalized spacial score (nSPS) is 29.2. The largest absolute Gasteiger partial charge is 0.454 e. The third kappa shape index (κ3) is 2.41. The van der Waals surface area contributed by atoms with Gasteiger partial charge in [0.25, 0.3) is 0 Å². The van der Waals surface area contributed by atoms with E-state index in [1.807, 2.05) is 12.1 Å². The molecule has 0 spiro atoms. The van der Waals surface area contributed by atoms with E-state index in [1.54, 1.807) is 6.07 Å². The molecule has 1 aromatic carbocycles. The van der Waals surface area contributed by atoms with Gasteiger partial charge in [-0.2, -0.15) is 0 Å². The molecule has 2 bridgehead atoms. The third-order valence-corrected chi connectivity index (χ3v) is 5.10. The zero-order chi connectivity index (χ0) is 14.3. The highest BCUT2D eigenvalue weighted by atomic mass is 16.7. The number of hydrogen-bond acceptors (Lipinski definition) is 3. The van der Waals surface area contributed by atoms with E-state index in [2.05, 4.69) is 10.6 Å². The van der Waals surface area contributed by atoms with Gasteiger partial charge in [-0.15, -0.1) is 0 Å². The second-order valence-electron chi connectivity index (χ2n) is 6.41. The van der Waals surface area contributed by atoms with Crippen molar-refractivity contribution >= 4 is 11.7 Å². The Morgan fingerprint density at radius 1 is 1.10 bits per heavy atom. The molecular formula is C16H20N2O3. The number of anilines is 1. The van der Waals surface area contributed by atoms with Crippen molar-refractivity contribution in [2.24, 2.45) is 5.92 Å². The third-order valence-electron chi connectivity index (χ3n) is 5.10. The van der Waals surface area contributed by atoms with Gasteiger partial charge in [0.2, 0.25) is 6.79 Å². The van der Waals surface area contributed by atoms with Gasteiger partial charge in [0.05, 0.1) is 0 Å². The van der Waals surface area contributed by atoms with Crippen molar-refractivity contribution in [2.45, 2.75) is 44.1 Å². The Bertz CT molecular complexity index is 551. The number of urea groups is 1. The van der Waals surface area contributed by atoms with Crippen LogP contribution in [0, 0.1) is 5.92 Å². The Morgan fingerprint density at radius 3 is 2.57 bits per heavy atom. The first-order valence-corrected chi connectivity index (χ1v) is 7.71. The summed E-state index contributed by atoms with van der Waals surface area (Å²) in [5, 5.41) is 6.12. The van der Waals surface area contributed by atoms with Crippen LogP contribution in [-0.2, 0) is 0 Å². The van der Waals surface area contributed by atoms with Gasteiger partial charge >= 0.3 is 6.03 Å². The van der Waals surface area contributed by atoms with E-state index in [4.69, 9.17) is 9.47 Å². The molecule has 3 saturated carbocycles. The maximum absolute atomic E-state index is 12.3. The van der Waals surface area contributed by atoms with Gasteiger partial charge < -0.3 is 20.1 Å². The molecule has 3 fully saturated rings. The van der Waals surface area contributed by atoms with Crippen molar-refractivity contribution in [3.05, 3.63) is 18.2 Å². The molecule has 0 aromatic heterocycles. The molecule has 0 atom stereocenters. The molecule has 5 rings (SSSR count). The van der Waals surface area contributed by atoms with Crippen LogP contribution in [0.25, 0.3) is 0 Å². The number of hydrogen-bond donors (Lipinski definition) is 2. The smallest absolute Gasteiger partial charge is 0.319 e. The van der Waals surface area contributed by atoms with Crippen molar-refractivity contribution in [1.29, 1.82) is 0 Å². The van der Waals surface area contributed by atoms with Gasteiger partial charge in [-0.25, -0.2) is 4.79 Å². The van der Waals surface area contributed by atoms with Gasteiger partial charge in [-0.3, -0.25) is 0 Å². The second kappa shape index (κ2) is 4.83. The van der Waals surface area contributed by atoms with E-state index in [1.165, 1.54) is 19.3 Å². The standard InChI is InChI=1S/C16H20N2O3/c19-15(18-16-6-3-11(4-7-16)5-8-16)17-12-1-2-13-14(9-12)21-10-20-13/h1-2,9,11H,3-8,10H2,(H2,17,18,19). The van der Waals surface area contributed by atoms with E-state index in [9.17, 15) is 4.79 Å². The zero-order valence-corrected chi connectivity index (χ0v) is 12.0. The lowest BCUT2D eigenvalue weighted by molar-refractivity contribution is 0.114. The van der Waals surface area contributed by atoms with Gasteiger partial charge in [0, 0.05) is 17.3 Å². The summed E-state index contributed by atoms with van der Waals surface area (Å²) in [6.45, 7) is 0.245. The topological polar surface area (TPSA) is 59.6 Å². The molecule has 0 saturated heterocycles. The average molecular weight is 288 g/mol. The number of carbonyl (C=O) groups excluding carboxylic acids is 1. The number of carbonyl (C=O) groups is 1. The lowest BCUT2D eigenvalue weighted by Crippen LogP contribution is -2.54. The summed E-state index contributed by atoms with van der Waals surface area (Å²) in [5.41, 5.74) is 0.757. The molecule has 1 heterocycles. The maximum atomic E-state index is 12.3. The summed E-state index contributed by atoms with van der Waals surface area (Å²) in [5.74, 6) is 2.31. The summed E-state index contributed by atoms with van der Waals surface area (Å²) in [4.78, 5) is 12.3. The number of fused-ring (bicyclic) bond motifs is 4. The van der Waals surface area contributed by atoms with Crippen LogP contribution in [0.3, 0.4) is 0 Å². The maximum Gasteiger partial charge on any atom is 0.319 e. The molecule has 21 heavy (non-hydrogen) atoms. The number of rotatable bonds is 2. The molecule has 4 aliphatic rings. The first-order chi connectivity index (χ1) is 10.2. The average Bonchev–Trinajstić information content (AvgIpc) is 2.96. The minimum absolute atomic E-state index is 0.0230. The van der Waals surface area contributed by atoms with Crippen LogP contribution in [0.4, 0.5) is 10.5 Å². The number of benzene rings is 1. The molecule has 0 radical (unpaired) electrons. The molecule has 2 N–H and O–H groups in total. The van der Waals surface area contributed by atoms with Gasteiger partial charge in [0.1, 0.15) is 0 Å². The van der Waals surface area contributed by atoms with E-state index in [0.717, 1.165) is 36.6 Å². The highest BCUT2D eigenvalue weighted by Gasteiger charge is 2.41. The van der Waals surface area contributed by atoms with Crippen LogP contribution >= 0.6 is 0 Å². The zero-order valence-electron chi connectivity index (χ0n) is 12.0. The summed E-state index contributed by atoms with van der Waals surface area (Å²) in [6, 6.07) is 5.34. The Morgan fingerprint density at radius 2 is 1.81 bits per heavy atom.